The van der Waals surface area contributed by atoms with E-state index in [0.29, 0.717) is 16.3 Å². The average Bonchev–Trinajstić information content (AvgIpc) is 2.96. The quantitative estimate of drug-likeness (QED) is 0.518. The van der Waals surface area contributed by atoms with Gasteiger partial charge in [0.1, 0.15) is 5.70 Å². The summed E-state index contributed by atoms with van der Waals surface area (Å²) in [5.41, 5.74) is 6.85. The standard InChI is InChI=1S/C26H23ClN2O2/c1-15-8-13-21(17(3)14-15)23-24(28-22-7-5-6-16(2)18(22)4)26(31)29(25(23)30)20-11-9-19(27)10-12-20/h5-14,28H,1-4H3. The van der Waals surface area contributed by atoms with Gasteiger partial charge in [0, 0.05) is 10.7 Å². The van der Waals surface area contributed by atoms with Crippen molar-refractivity contribution in [3.05, 3.63) is 99.2 Å². The van der Waals surface area contributed by atoms with E-state index in [0.717, 1.165) is 33.5 Å². The third-order valence-corrected chi connectivity index (χ3v) is 5.94. The molecule has 156 valence electrons. The number of halogens is 1. The number of anilines is 2. The van der Waals surface area contributed by atoms with Crippen molar-refractivity contribution in [3.8, 4) is 0 Å². The number of rotatable bonds is 4. The topological polar surface area (TPSA) is 49.4 Å². The second-order valence-electron chi connectivity index (χ2n) is 7.86. The van der Waals surface area contributed by atoms with Crippen LogP contribution in [0.2, 0.25) is 5.02 Å². The van der Waals surface area contributed by atoms with Crippen molar-refractivity contribution in [2.24, 2.45) is 0 Å². The molecule has 3 aromatic carbocycles. The van der Waals surface area contributed by atoms with Crippen LogP contribution in [0.4, 0.5) is 11.4 Å². The number of amides is 2. The van der Waals surface area contributed by atoms with Crippen molar-refractivity contribution in [2.75, 3.05) is 10.2 Å². The molecule has 0 atom stereocenters. The SMILES string of the molecule is Cc1ccc(C2=C(Nc3cccc(C)c3C)C(=O)N(c3ccc(Cl)cc3)C2=O)c(C)c1. The molecule has 1 aliphatic rings. The van der Waals surface area contributed by atoms with Gasteiger partial charge in [-0.05, 0) is 80.3 Å². The summed E-state index contributed by atoms with van der Waals surface area (Å²) in [6.45, 7) is 7.96. The number of aryl methyl sites for hydroxylation is 3. The van der Waals surface area contributed by atoms with E-state index in [9.17, 15) is 9.59 Å². The molecule has 0 bridgehead atoms. The van der Waals surface area contributed by atoms with Crippen molar-refractivity contribution >= 4 is 40.4 Å². The highest BCUT2D eigenvalue weighted by atomic mass is 35.5. The summed E-state index contributed by atoms with van der Waals surface area (Å²) >= 11 is 6.01. The summed E-state index contributed by atoms with van der Waals surface area (Å²) in [7, 11) is 0. The Morgan fingerprint density at radius 1 is 0.806 bits per heavy atom. The third-order valence-electron chi connectivity index (χ3n) is 5.68. The summed E-state index contributed by atoms with van der Waals surface area (Å²) in [5.74, 6) is -0.740. The van der Waals surface area contributed by atoms with Gasteiger partial charge in [-0.1, -0.05) is 47.5 Å². The van der Waals surface area contributed by atoms with Gasteiger partial charge in [-0.3, -0.25) is 9.59 Å². The number of nitrogens with zero attached hydrogens (tertiary/aromatic N) is 1. The van der Waals surface area contributed by atoms with Crippen LogP contribution in [0, 0.1) is 27.7 Å². The molecule has 0 saturated carbocycles. The number of nitrogens with one attached hydrogen (secondary N) is 1. The van der Waals surface area contributed by atoms with E-state index in [1.165, 1.54) is 4.90 Å². The van der Waals surface area contributed by atoms with Gasteiger partial charge in [0.2, 0.25) is 0 Å². The first-order valence-corrected chi connectivity index (χ1v) is 10.4. The highest BCUT2D eigenvalue weighted by Gasteiger charge is 2.40. The molecule has 1 heterocycles. The molecular weight excluding hydrogens is 408 g/mol. The van der Waals surface area contributed by atoms with Crippen LogP contribution < -0.4 is 10.2 Å². The second kappa shape index (κ2) is 8.05. The molecular formula is C26H23ClN2O2. The van der Waals surface area contributed by atoms with Crippen LogP contribution in [-0.2, 0) is 9.59 Å². The zero-order valence-electron chi connectivity index (χ0n) is 17.9. The maximum absolute atomic E-state index is 13.6. The fourth-order valence-electron chi connectivity index (χ4n) is 3.84. The fraction of sp³-hybridized carbons (Fsp3) is 0.154. The predicted molar refractivity (Wildman–Crippen MR) is 126 cm³/mol. The van der Waals surface area contributed by atoms with E-state index in [4.69, 9.17) is 11.6 Å². The van der Waals surface area contributed by atoms with Gasteiger partial charge < -0.3 is 5.32 Å². The number of benzene rings is 3. The van der Waals surface area contributed by atoms with Crippen LogP contribution in [-0.4, -0.2) is 11.8 Å². The molecule has 31 heavy (non-hydrogen) atoms. The monoisotopic (exact) mass is 430 g/mol. The summed E-state index contributed by atoms with van der Waals surface area (Å²) in [6.07, 6.45) is 0. The lowest BCUT2D eigenvalue weighted by Gasteiger charge is -2.16. The number of hydrogen-bond donors (Lipinski definition) is 1. The molecule has 0 unspecified atom stereocenters. The zero-order valence-corrected chi connectivity index (χ0v) is 18.7. The Kier molecular flexibility index (Phi) is 5.42. The first-order valence-electron chi connectivity index (χ1n) is 10.1. The molecule has 0 fully saturated rings. The van der Waals surface area contributed by atoms with E-state index in [-0.39, 0.29) is 17.5 Å². The number of carbonyl (C=O) groups is 2. The lowest BCUT2D eigenvalue weighted by Crippen LogP contribution is -2.32. The van der Waals surface area contributed by atoms with Crippen LogP contribution in [0.25, 0.3) is 5.57 Å². The van der Waals surface area contributed by atoms with Crippen molar-refractivity contribution in [1.29, 1.82) is 0 Å². The maximum Gasteiger partial charge on any atom is 0.282 e. The van der Waals surface area contributed by atoms with E-state index in [1.807, 2.05) is 64.1 Å². The minimum atomic E-state index is -0.386. The Labute approximate surface area is 187 Å². The van der Waals surface area contributed by atoms with Crippen LogP contribution >= 0.6 is 11.6 Å². The predicted octanol–water partition coefficient (Wildman–Crippen LogP) is 5.97. The minimum Gasteiger partial charge on any atom is -0.350 e. The highest BCUT2D eigenvalue weighted by Crippen LogP contribution is 2.36. The smallest absolute Gasteiger partial charge is 0.282 e. The van der Waals surface area contributed by atoms with Gasteiger partial charge in [-0.15, -0.1) is 0 Å². The molecule has 3 aromatic rings. The first kappa shape index (κ1) is 20.9. The van der Waals surface area contributed by atoms with Gasteiger partial charge in [0.05, 0.1) is 11.3 Å². The van der Waals surface area contributed by atoms with E-state index in [2.05, 4.69) is 5.32 Å². The lowest BCUT2D eigenvalue weighted by molar-refractivity contribution is -0.120. The van der Waals surface area contributed by atoms with Crippen molar-refractivity contribution in [1.82, 2.24) is 0 Å². The number of carbonyl (C=O) groups excluding carboxylic acids is 2. The Morgan fingerprint density at radius 3 is 2.19 bits per heavy atom. The maximum atomic E-state index is 13.6. The average molecular weight is 431 g/mol. The van der Waals surface area contributed by atoms with Crippen molar-refractivity contribution < 1.29 is 9.59 Å². The summed E-state index contributed by atoms with van der Waals surface area (Å²) in [4.78, 5) is 28.3. The van der Waals surface area contributed by atoms with E-state index in [1.54, 1.807) is 24.3 Å². The van der Waals surface area contributed by atoms with Gasteiger partial charge in [-0.2, -0.15) is 0 Å². The first-order chi connectivity index (χ1) is 14.8. The third kappa shape index (κ3) is 3.75. The minimum absolute atomic E-state index is 0.278. The van der Waals surface area contributed by atoms with E-state index >= 15 is 0 Å². The molecule has 5 heteroatoms. The normalized spacial score (nSPS) is 13.9. The fourth-order valence-corrected chi connectivity index (χ4v) is 3.96. The molecule has 0 radical (unpaired) electrons. The molecule has 0 spiro atoms. The Bertz CT molecular complexity index is 1240. The van der Waals surface area contributed by atoms with Crippen LogP contribution in [0.1, 0.15) is 27.8 Å². The number of hydrogen-bond acceptors (Lipinski definition) is 3. The van der Waals surface area contributed by atoms with Gasteiger partial charge in [0.25, 0.3) is 11.8 Å². The number of imide groups is 1. The Morgan fingerprint density at radius 2 is 1.52 bits per heavy atom. The molecule has 0 saturated heterocycles. The lowest BCUT2D eigenvalue weighted by atomic mass is 9.97. The zero-order chi connectivity index (χ0) is 22.3. The van der Waals surface area contributed by atoms with Crippen LogP contribution in [0.3, 0.4) is 0 Å². The molecule has 4 nitrogen and oxygen atoms in total. The summed E-state index contributed by atoms with van der Waals surface area (Å²) in [6, 6.07) is 18.4. The van der Waals surface area contributed by atoms with Crippen LogP contribution in [0.15, 0.2) is 66.4 Å². The molecule has 0 aliphatic carbocycles. The van der Waals surface area contributed by atoms with Crippen molar-refractivity contribution in [3.63, 3.8) is 0 Å². The Hall–Kier alpha value is -3.37. The van der Waals surface area contributed by atoms with Gasteiger partial charge in [-0.25, -0.2) is 4.90 Å². The molecule has 1 aliphatic heterocycles. The summed E-state index contributed by atoms with van der Waals surface area (Å²) in [5, 5.41) is 3.81. The highest BCUT2D eigenvalue weighted by molar-refractivity contribution is 6.46. The Balaban J connectivity index is 1.88. The summed E-state index contributed by atoms with van der Waals surface area (Å²) < 4.78 is 0. The molecule has 0 aromatic heterocycles. The molecule has 1 N–H and O–H groups in total. The van der Waals surface area contributed by atoms with E-state index < -0.39 is 0 Å². The molecule has 2 amide bonds. The largest absolute Gasteiger partial charge is 0.350 e. The van der Waals surface area contributed by atoms with Gasteiger partial charge >= 0.3 is 0 Å². The van der Waals surface area contributed by atoms with Gasteiger partial charge in [0.15, 0.2) is 0 Å². The second-order valence-corrected chi connectivity index (χ2v) is 8.30. The van der Waals surface area contributed by atoms with Crippen molar-refractivity contribution in [2.45, 2.75) is 27.7 Å². The van der Waals surface area contributed by atoms with Crippen LogP contribution in [0.5, 0.6) is 0 Å². The molecule has 4 rings (SSSR count).